The van der Waals surface area contributed by atoms with Crippen LogP contribution in [0.1, 0.15) is 26.2 Å². The van der Waals surface area contributed by atoms with E-state index in [2.05, 4.69) is 5.32 Å². The van der Waals surface area contributed by atoms with Crippen molar-refractivity contribution in [3.63, 3.8) is 0 Å². The van der Waals surface area contributed by atoms with Crippen LogP contribution in [-0.2, 0) is 9.53 Å². The number of amides is 1. The van der Waals surface area contributed by atoms with Crippen molar-refractivity contribution in [1.82, 2.24) is 5.32 Å². The van der Waals surface area contributed by atoms with E-state index in [0.29, 0.717) is 19.4 Å². The maximum Gasteiger partial charge on any atom is 0.226 e. The molecular weight excluding hydrogens is 182 g/mol. The first-order valence-corrected chi connectivity index (χ1v) is 5.27. The molecule has 0 aromatic heterocycles. The van der Waals surface area contributed by atoms with Crippen molar-refractivity contribution < 1.29 is 14.6 Å². The van der Waals surface area contributed by atoms with E-state index in [1.54, 1.807) is 0 Å². The van der Waals surface area contributed by atoms with Gasteiger partial charge in [0.05, 0.1) is 18.1 Å². The lowest BCUT2D eigenvalue weighted by Crippen LogP contribution is -2.49. The Morgan fingerprint density at radius 2 is 2.21 bits per heavy atom. The zero-order valence-electron chi connectivity index (χ0n) is 8.40. The first-order valence-electron chi connectivity index (χ1n) is 5.27. The molecule has 14 heavy (non-hydrogen) atoms. The molecule has 1 amide bonds. The van der Waals surface area contributed by atoms with E-state index in [9.17, 15) is 4.79 Å². The van der Waals surface area contributed by atoms with Gasteiger partial charge in [0, 0.05) is 12.6 Å². The van der Waals surface area contributed by atoms with E-state index < -0.39 is 0 Å². The van der Waals surface area contributed by atoms with Crippen molar-refractivity contribution in [2.75, 3.05) is 6.61 Å². The van der Waals surface area contributed by atoms with Crippen LogP contribution in [0.2, 0.25) is 0 Å². The van der Waals surface area contributed by atoms with Crippen LogP contribution in [-0.4, -0.2) is 35.9 Å². The average Bonchev–Trinajstić information content (AvgIpc) is 2.48. The van der Waals surface area contributed by atoms with Crippen molar-refractivity contribution >= 4 is 5.91 Å². The van der Waals surface area contributed by atoms with E-state index >= 15 is 0 Å². The van der Waals surface area contributed by atoms with E-state index in [1.807, 2.05) is 6.92 Å². The van der Waals surface area contributed by atoms with Gasteiger partial charge in [0.15, 0.2) is 0 Å². The van der Waals surface area contributed by atoms with Crippen LogP contribution >= 0.6 is 0 Å². The van der Waals surface area contributed by atoms with Crippen molar-refractivity contribution in [3.05, 3.63) is 0 Å². The molecule has 0 aromatic carbocycles. The van der Waals surface area contributed by atoms with Gasteiger partial charge in [0.25, 0.3) is 0 Å². The average molecular weight is 199 g/mol. The molecule has 4 nitrogen and oxygen atoms in total. The van der Waals surface area contributed by atoms with Crippen LogP contribution in [0, 0.1) is 5.92 Å². The molecular formula is C10H17NO3. The molecule has 0 spiro atoms. The molecule has 0 bridgehead atoms. The van der Waals surface area contributed by atoms with Crippen LogP contribution in [0.15, 0.2) is 0 Å². The lowest BCUT2D eigenvalue weighted by atomic mass is 9.88. The molecule has 2 unspecified atom stereocenters. The van der Waals surface area contributed by atoms with E-state index in [4.69, 9.17) is 9.84 Å². The number of aliphatic hydroxyl groups is 1. The fraction of sp³-hybridized carbons (Fsp3) is 0.900. The van der Waals surface area contributed by atoms with Gasteiger partial charge in [-0.2, -0.15) is 0 Å². The Labute approximate surface area is 83.6 Å². The third kappa shape index (κ3) is 1.91. The topological polar surface area (TPSA) is 58.6 Å². The lowest BCUT2D eigenvalue weighted by molar-refractivity contribution is -0.128. The SMILES string of the molecule is CC1OCCC1C(=O)NC1CC(O)C1. The highest BCUT2D eigenvalue weighted by Gasteiger charge is 2.34. The third-order valence-corrected chi connectivity index (χ3v) is 3.17. The standard InChI is InChI=1S/C10H17NO3/c1-6-9(2-3-14-6)10(13)11-7-4-8(12)5-7/h6-9,12H,2-5H2,1H3,(H,11,13). The molecule has 1 aliphatic carbocycles. The predicted octanol–water partition coefficient (Wildman–Crippen LogP) is 0.0509. The summed E-state index contributed by atoms with van der Waals surface area (Å²) >= 11 is 0. The van der Waals surface area contributed by atoms with Gasteiger partial charge in [0.1, 0.15) is 0 Å². The molecule has 80 valence electrons. The van der Waals surface area contributed by atoms with Crippen molar-refractivity contribution in [1.29, 1.82) is 0 Å². The van der Waals surface area contributed by atoms with Crippen molar-refractivity contribution in [3.8, 4) is 0 Å². The second-order valence-corrected chi connectivity index (χ2v) is 4.30. The Morgan fingerprint density at radius 1 is 1.50 bits per heavy atom. The molecule has 1 heterocycles. The molecule has 0 radical (unpaired) electrons. The molecule has 2 N–H and O–H groups in total. The van der Waals surface area contributed by atoms with E-state index in [-0.39, 0.29) is 30.1 Å². The van der Waals surface area contributed by atoms with E-state index in [1.165, 1.54) is 0 Å². The lowest BCUT2D eigenvalue weighted by Gasteiger charge is -2.33. The number of carbonyl (C=O) groups excluding carboxylic acids is 1. The Kier molecular flexibility index (Phi) is 2.74. The van der Waals surface area contributed by atoms with Gasteiger partial charge in [-0.05, 0) is 26.2 Å². The minimum absolute atomic E-state index is 0.00717. The van der Waals surface area contributed by atoms with Gasteiger partial charge >= 0.3 is 0 Å². The summed E-state index contributed by atoms with van der Waals surface area (Å²) in [6, 6.07) is 0.185. The highest BCUT2D eigenvalue weighted by Crippen LogP contribution is 2.23. The summed E-state index contributed by atoms with van der Waals surface area (Å²) in [5, 5.41) is 12.0. The normalized spacial score (nSPS) is 41.9. The summed E-state index contributed by atoms with van der Waals surface area (Å²) in [6.45, 7) is 2.62. The number of ether oxygens (including phenoxy) is 1. The van der Waals surface area contributed by atoms with Gasteiger partial charge in [-0.3, -0.25) is 4.79 Å². The number of rotatable bonds is 2. The third-order valence-electron chi connectivity index (χ3n) is 3.17. The maximum atomic E-state index is 11.7. The Balaban J connectivity index is 1.78. The molecule has 4 heteroatoms. The largest absolute Gasteiger partial charge is 0.393 e. The van der Waals surface area contributed by atoms with Crippen LogP contribution in [0.3, 0.4) is 0 Å². The van der Waals surface area contributed by atoms with Gasteiger partial charge in [-0.25, -0.2) is 0 Å². The van der Waals surface area contributed by atoms with Crippen LogP contribution in [0.5, 0.6) is 0 Å². The minimum atomic E-state index is -0.211. The number of hydrogen-bond acceptors (Lipinski definition) is 3. The zero-order chi connectivity index (χ0) is 10.1. The molecule has 2 fully saturated rings. The fourth-order valence-corrected chi connectivity index (χ4v) is 2.09. The van der Waals surface area contributed by atoms with Gasteiger partial charge < -0.3 is 15.2 Å². The second kappa shape index (κ2) is 3.87. The minimum Gasteiger partial charge on any atom is -0.393 e. The van der Waals surface area contributed by atoms with Gasteiger partial charge in [0.2, 0.25) is 5.91 Å². The maximum absolute atomic E-state index is 11.7. The predicted molar refractivity (Wildman–Crippen MR) is 50.7 cm³/mol. The summed E-state index contributed by atoms with van der Waals surface area (Å²) in [6.07, 6.45) is 2.06. The van der Waals surface area contributed by atoms with E-state index in [0.717, 1.165) is 6.42 Å². The van der Waals surface area contributed by atoms with Crippen molar-refractivity contribution in [2.45, 2.75) is 44.4 Å². The summed E-state index contributed by atoms with van der Waals surface area (Å²) in [5.41, 5.74) is 0. The summed E-state index contributed by atoms with van der Waals surface area (Å²) < 4.78 is 5.33. The zero-order valence-corrected chi connectivity index (χ0v) is 8.40. The number of carbonyl (C=O) groups is 1. The molecule has 2 atom stereocenters. The molecule has 1 saturated carbocycles. The Morgan fingerprint density at radius 3 is 2.71 bits per heavy atom. The summed E-state index contributed by atoms with van der Waals surface area (Å²) in [7, 11) is 0. The number of aliphatic hydroxyl groups excluding tert-OH is 1. The quantitative estimate of drug-likeness (QED) is 0.660. The second-order valence-electron chi connectivity index (χ2n) is 4.30. The van der Waals surface area contributed by atoms with Crippen LogP contribution in [0.25, 0.3) is 0 Å². The smallest absolute Gasteiger partial charge is 0.226 e. The first kappa shape index (κ1) is 9.93. The highest BCUT2D eigenvalue weighted by molar-refractivity contribution is 5.79. The molecule has 1 saturated heterocycles. The van der Waals surface area contributed by atoms with Gasteiger partial charge in [-0.15, -0.1) is 0 Å². The molecule has 1 aliphatic heterocycles. The molecule has 0 aromatic rings. The molecule has 2 aliphatic rings. The van der Waals surface area contributed by atoms with Crippen LogP contribution < -0.4 is 5.32 Å². The highest BCUT2D eigenvalue weighted by atomic mass is 16.5. The van der Waals surface area contributed by atoms with Crippen molar-refractivity contribution in [2.24, 2.45) is 5.92 Å². The summed E-state index contributed by atoms with van der Waals surface area (Å²) in [5.74, 6) is 0.0969. The fourth-order valence-electron chi connectivity index (χ4n) is 2.09. The Hall–Kier alpha value is -0.610. The molecule has 2 rings (SSSR count). The first-order chi connectivity index (χ1) is 6.66. The number of nitrogens with one attached hydrogen (secondary N) is 1. The summed E-state index contributed by atoms with van der Waals surface area (Å²) in [4.78, 5) is 11.7. The Bertz CT molecular complexity index is 225. The number of hydrogen-bond donors (Lipinski definition) is 2. The monoisotopic (exact) mass is 199 g/mol. The van der Waals surface area contributed by atoms with Gasteiger partial charge in [-0.1, -0.05) is 0 Å². The van der Waals surface area contributed by atoms with Crippen LogP contribution in [0.4, 0.5) is 0 Å².